The zero-order valence-corrected chi connectivity index (χ0v) is 26.7. The van der Waals surface area contributed by atoms with Gasteiger partial charge < -0.3 is 0 Å². The number of hydrogen-bond donors (Lipinski definition) is 0. The smallest absolute Gasteiger partial charge is 0.160 e. The molecule has 2 heterocycles. The van der Waals surface area contributed by atoms with Gasteiger partial charge in [-0.15, -0.1) is 0 Å². The summed E-state index contributed by atoms with van der Waals surface area (Å²) in [5, 5.41) is 0. The summed E-state index contributed by atoms with van der Waals surface area (Å²) in [6.07, 6.45) is 3.68. The standard InChI is InChI=1S/C46H31N3/c1-4-14-33(15-5-1)42-30-43(49-45(48-42)34-27-25-32(26-28-34)35-16-13-29-47-31-35)39-22-12-24-41-44(39)38-21-10-11-23-40(38)46(41,36-17-6-2-7-18-36)37-19-8-3-9-20-37/h1-31H. The van der Waals surface area contributed by atoms with Gasteiger partial charge in [0.05, 0.1) is 16.8 Å². The Labute approximate surface area is 286 Å². The molecular weight excluding hydrogens is 595 g/mol. The number of fused-ring (bicyclic) bond motifs is 3. The van der Waals surface area contributed by atoms with Crippen molar-refractivity contribution in [3.05, 3.63) is 211 Å². The first-order valence-corrected chi connectivity index (χ1v) is 16.6. The van der Waals surface area contributed by atoms with Gasteiger partial charge in [0, 0.05) is 29.1 Å². The molecule has 0 bridgehead atoms. The fourth-order valence-electron chi connectivity index (χ4n) is 7.52. The van der Waals surface area contributed by atoms with Crippen molar-refractivity contribution in [3.8, 4) is 56.2 Å². The van der Waals surface area contributed by atoms with Gasteiger partial charge in [0.15, 0.2) is 5.82 Å². The van der Waals surface area contributed by atoms with E-state index in [1.165, 1.54) is 33.4 Å². The van der Waals surface area contributed by atoms with Gasteiger partial charge in [-0.3, -0.25) is 4.98 Å². The van der Waals surface area contributed by atoms with E-state index >= 15 is 0 Å². The fourth-order valence-corrected chi connectivity index (χ4v) is 7.52. The molecular formula is C46H31N3. The van der Waals surface area contributed by atoms with E-state index in [1.54, 1.807) is 6.20 Å². The lowest BCUT2D eigenvalue weighted by atomic mass is 9.67. The summed E-state index contributed by atoms with van der Waals surface area (Å²) < 4.78 is 0. The van der Waals surface area contributed by atoms with Crippen LogP contribution < -0.4 is 0 Å². The molecule has 0 spiro atoms. The van der Waals surface area contributed by atoms with E-state index in [2.05, 4.69) is 169 Å². The Bertz CT molecular complexity index is 2370. The van der Waals surface area contributed by atoms with E-state index in [4.69, 9.17) is 9.97 Å². The highest BCUT2D eigenvalue weighted by Gasteiger charge is 2.46. The Balaban J connectivity index is 1.29. The normalized spacial score (nSPS) is 12.7. The predicted octanol–water partition coefficient (Wildman–Crippen LogP) is 10.9. The molecule has 3 heteroatoms. The molecule has 0 unspecified atom stereocenters. The zero-order valence-electron chi connectivity index (χ0n) is 26.7. The second-order valence-corrected chi connectivity index (χ2v) is 12.4. The summed E-state index contributed by atoms with van der Waals surface area (Å²) in [6.45, 7) is 0. The lowest BCUT2D eigenvalue weighted by molar-refractivity contribution is 0.768. The third kappa shape index (κ3) is 4.78. The largest absolute Gasteiger partial charge is 0.264 e. The minimum atomic E-state index is -0.481. The van der Waals surface area contributed by atoms with Crippen LogP contribution in [-0.2, 0) is 5.41 Å². The number of aromatic nitrogens is 3. The average molecular weight is 626 g/mol. The Morgan fingerprint density at radius 3 is 1.65 bits per heavy atom. The average Bonchev–Trinajstić information content (AvgIpc) is 3.50. The first kappa shape index (κ1) is 28.7. The molecule has 1 aliphatic carbocycles. The highest BCUT2D eigenvalue weighted by atomic mass is 14.9. The van der Waals surface area contributed by atoms with E-state index < -0.39 is 5.41 Å². The SMILES string of the molecule is c1ccc(-c2cc(-c3cccc4c3-c3ccccc3C4(c3ccccc3)c3ccccc3)nc(-c3ccc(-c4cccnc4)cc3)n2)cc1. The lowest BCUT2D eigenvalue weighted by Crippen LogP contribution is -2.28. The van der Waals surface area contributed by atoms with E-state index in [0.717, 1.165) is 39.2 Å². The molecule has 230 valence electrons. The van der Waals surface area contributed by atoms with Crippen LogP contribution in [0.3, 0.4) is 0 Å². The van der Waals surface area contributed by atoms with Crippen LogP contribution >= 0.6 is 0 Å². The molecule has 8 aromatic rings. The van der Waals surface area contributed by atoms with Crippen LogP contribution in [0.15, 0.2) is 188 Å². The number of hydrogen-bond acceptors (Lipinski definition) is 3. The number of benzene rings is 6. The number of rotatable bonds is 6. The van der Waals surface area contributed by atoms with E-state index in [-0.39, 0.29) is 0 Å². The van der Waals surface area contributed by atoms with Gasteiger partial charge in [-0.1, -0.05) is 164 Å². The second kappa shape index (κ2) is 12.0. The molecule has 0 atom stereocenters. The number of nitrogens with zero attached hydrogens (tertiary/aromatic N) is 3. The van der Waals surface area contributed by atoms with Crippen LogP contribution in [0.4, 0.5) is 0 Å². The quantitative estimate of drug-likeness (QED) is 0.185. The van der Waals surface area contributed by atoms with Crippen molar-refractivity contribution in [1.82, 2.24) is 15.0 Å². The van der Waals surface area contributed by atoms with Gasteiger partial charge in [0.25, 0.3) is 0 Å². The first-order valence-electron chi connectivity index (χ1n) is 16.6. The van der Waals surface area contributed by atoms with Gasteiger partial charge >= 0.3 is 0 Å². The molecule has 0 aliphatic heterocycles. The highest BCUT2D eigenvalue weighted by Crippen LogP contribution is 2.58. The summed E-state index contributed by atoms with van der Waals surface area (Å²) in [4.78, 5) is 14.8. The molecule has 6 aromatic carbocycles. The van der Waals surface area contributed by atoms with Crippen molar-refractivity contribution >= 4 is 0 Å². The highest BCUT2D eigenvalue weighted by molar-refractivity contribution is 5.95. The van der Waals surface area contributed by atoms with Crippen LogP contribution in [0.25, 0.3) is 56.2 Å². The maximum atomic E-state index is 5.32. The fraction of sp³-hybridized carbons (Fsp3) is 0.0217. The second-order valence-electron chi connectivity index (χ2n) is 12.4. The van der Waals surface area contributed by atoms with Crippen molar-refractivity contribution in [2.45, 2.75) is 5.41 Å². The molecule has 0 radical (unpaired) electrons. The minimum Gasteiger partial charge on any atom is -0.264 e. The van der Waals surface area contributed by atoms with Gasteiger partial charge in [0.1, 0.15) is 0 Å². The molecule has 0 fully saturated rings. The van der Waals surface area contributed by atoms with Crippen LogP contribution in [0, 0.1) is 0 Å². The Morgan fingerprint density at radius 1 is 0.388 bits per heavy atom. The van der Waals surface area contributed by atoms with Crippen LogP contribution in [-0.4, -0.2) is 15.0 Å². The molecule has 2 aromatic heterocycles. The van der Waals surface area contributed by atoms with Gasteiger partial charge in [-0.25, -0.2) is 9.97 Å². The minimum absolute atomic E-state index is 0.481. The monoisotopic (exact) mass is 625 g/mol. The summed E-state index contributed by atoms with van der Waals surface area (Å²) in [6, 6.07) is 62.4. The van der Waals surface area contributed by atoms with Crippen LogP contribution in [0.1, 0.15) is 22.3 Å². The molecule has 49 heavy (non-hydrogen) atoms. The van der Waals surface area contributed by atoms with Gasteiger partial charge in [-0.2, -0.15) is 0 Å². The van der Waals surface area contributed by atoms with E-state index in [9.17, 15) is 0 Å². The van der Waals surface area contributed by atoms with Crippen molar-refractivity contribution in [1.29, 1.82) is 0 Å². The molecule has 1 aliphatic rings. The van der Waals surface area contributed by atoms with Crippen LogP contribution in [0.2, 0.25) is 0 Å². The summed E-state index contributed by atoms with van der Waals surface area (Å²) >= 11 is 0. The van der Waals surface area contributed by atoms with Crippen molar-refractivity contribution in [2.24, 2.45) is 0 Å². The molecule has 0 saturated carbocycles. The van der Waals surface area contributed by atoms with Crippen molar-refractivity contribution in [3.63, 3.8) is 0 Å². The summed E-state index contributed by atoms with van der Waals surface area (Å²) in [7, 11) is 0. The van der Waals surface area contributed by atoms with E-state index in [0.29, 0.717) is 5.82 Å². The maximum absolute atomic E-state index is 5.32. The molecule has 9 rings (SSSR count). The summed E-state index contributed by atoms with van der Waals surface area (Å²) in [5.41, 5.74) is 14.0. The first-order chi connectivity index (χ1) is 24.3. The summed E-state index contributed by atoms with van der Waals surface area (Å²) in [5.74, 6) is 0.690. The van der Waals surface area contributed by atoms with Crippen LogP contribution in [0.5, 0.6) is 0 Å². The van der Waals surface area contributed by atoms with E-state index in [1.807, 2.05) is 18.3 Å². The maximum Gasteiger partial charge on any atom is 0.160 e. The third-order valence-corrected chi connectivity index (χ3v) is 9.69. The van der Waals surface area contributed by atoms with Crippen molar-refractivity contribution < 1.29 is 0 Å². The molecule has 3 nitrogen and oxygen atoms in total. The molecule has 0 N–H and O–H groups in total. The van der Waals surface area contributed by atoms with Gasteiger partial charge in [0.2, 0.25) is 0 Å². The Morgan fingerprint density at radius 2 is 0.959 bits per heavy atom. The lowest BCUT2D eigenvalue weighted by Gasteiger charge is -2.33. The molecule has 0 amide bonds. The topological polar surface area (TPSA) is 38.7 Å². The van der Waals surface area contributed by atoms with Gasteiger partial charge in [-0.05, 0) is 56.6 Å². The van der Waals surface area contributed by atoms with Crippen molar-refractivity contribution in [2.75, 3.05) is 0 Å². The third-order valence-electron chi connectivity index (χ3n) is 9.69. The Hall–Kier alpha value is -6.45. The number of pyridine rings is 1. The Kier molecular flexibility index (Phi) is 7.02. The molecule has 0 saturated heterocycles. The predicted molar refractivity (Wildman–Crippen MR) is 199 cm³/mol. The zero-order chi connectivity index (χ0) is 32.6.